The molecule has 34 heavy (non-hydrogen) atoms. The van der Waals surface area contributed by atoms with Crippen LogP contribution in [0.15, 0.2) is 66.9 Å². The maximum Gasteiger partial charge on any atom is 0.306 e. The van der Waals surface area contributed by atoms with E-state index in [1.165, 1.54) is 0 Å². The molecule has 1 atom stereocenters. The number of carbonyl (C=O) groups is 1. The van der Waals surface area contributed by atoms with Gasteiger partial charge in [-0.3, -0.25) is 14.7 Å². The molecule has 178 valence electrons. The quantitative estimate of drug-likeness (QED) is 0.499. The van der Waals surface area contributed by atoms with Gasteiger partial charge in [-0.1, -0.05) is 36.4 Å². The number of rotatable bonds is 9. The molecule has 0 spiro atoms. The van der Waals surface area contributed by atoms with Gasteiger partial charge in [0.05, 0.1) is 31.9 Å². The maximum atomic E-state index is 11.5. The summed E-state index contributed by atoms with van der Waals surface area (Å²) in [4.78, 5) is 18.4. The number of hydrogen-bond donors (Lipinski definition) is 1. The van der Waals surface area contributed by atoms with E-state index in [0.29, 0.717) is 49.8 Å². The third-order valence-electron chi connectivity index (χ3n) is 6.24. The van der Waals surface area contributed by atoms with Crippen LogP contribution in [-0.4, -0.2) is 48.3 Å². The number of methoxy groups -OCH3 is 2. The summed E-state index contributed by atoms with van der Waals surface area (Å²) in [5.74, 6) is 0.663. The summed E-state index contributed by atoms with van der Waals surface area (Å²) in [5, 5.41) is 9.42. The van der Waals surface area contributed by atoms with Crippen molar-refractivity contribution >= 4 is 5.97 Å². The zero-order chi connectivity index (χ0) is 23.9. The number of likely N-dealkylation sites (tertiary alicyclic amines) is 1. The number of carboxylic acids is 1. The number of piperidine rings is 1. The molecule has 1 fully saturated rings. The fourth-order valence-corrected chi connectivity index (χ4v) is 4.44. The highest BCUT2D eigenvalue weighted by molar-refractivity contribution is 5.70. The van der Waals surface area contributed by atoms with Crippen molar-refractivity contribution in [2.24, 2.45) is 5.92 Å². The van der Waals surface area contributed by atoms with Crippen molar-refractivity contribution in [1.82, 2.24) is 9.88 Å². The minimum absolute atomic E-state index is 0.165. The van der Waals surface area contributed by atoms with E-state index < -0.39 is 5.97 Å². The summed E-state index contributed by atoms with van der Waals surface area (Å²) in [7, 11) is 3.23. The minimum atomic E-state index is -0.725. The van der Waals surface area contributed by atoms with Gasteiger partial charge in [-0.25, -0.2) is 0 Å². The van der Waals surface area contributed by atoms with E-state index in [-0.39, 0.29) is 12.0 Å². The second kappa shape index (κ2) is 11.0. The Kier molecular flexibility index (Phi) is 7.65. The van der Waals surface area contributed by atoms with Gasteiger partial charge in [0.2, 0.25) is 5.75 Å². The first-order chi connectivity index (χ1) is 16.6. The molecule has 0 radical (unpaired) electrons. The van der Waals surface area contributed by atoms with Crippen LogP contribution in [0.2, 0.25) is 0 Å². The number of carboxylic acid groups (broad SMARTS) is 1. The smallest absolute Gasteiger partial charge is 0.306 e. The lowest BCUT2D eigenvalue weighted by atomic mass is 9.92. The van der Waals surface area contributed by atoms with E-state index in [0.717, 1.165) is 16.8 Å². The Hall–Kier alpha value is -3.58. The lowest BCUT2D eigenvalue weighted by Crippen LogP contribution is -2.39. The first kappa shape index (κ1) is 23.6. The molecular formula is C27H30N2O5. The summed E-state index contributed by atoms with van der Waals surface area (Å²) in [5.41, 5.74) is 2.88. The molecule has 3 aromatic rings. The molecule has 1 unspecified atom stereocenters. The largest absolute Gasteiger partial charge is 0.493 e. The van der Waals surface area contributed by atoms with Crippen LogP contribution in [0, 0.1) is 5.92 Å². The number of benzene rings is 2. The van der Waals surface area contributed by atoms with Crippen molar-refractivity contribution in [3.05, 3.63) is 83.7 Å². The summed E-state index contributed by atoms with van der Waals surface area (Å²) < 4.78 is 17.6. The Morgan fingerprint density at radius 1 is 1.03 bits per heavy atom. The molecule has 1 aromatic heterocycles. The van der Waals surface area contributed by atoms with Gasteiger partial charge in [-0.2, -0.15) is 0 Å². The van der Waals surface area contributed by atoms with Crippen LogP contribution >= 0.6 is 0 Å². The van der Waals surface area contributed by atoms with Gasteiger partial charge in [0.1, 0.15) is 6.61 Å². The highest BCUT2D eigenvalue weighted by atomic mass is 16.5. The molecule has 0 saturated carbocycles. The second-order valence-corrected chi connectivity index (χ2v) is 8.33. The summed E-state index contributed by atoms with van der Waals surface area (Å²) >= 11 is 0. The van der Waals surface area contributed by atoms with Crippen molar-refractivity contribution in [2.45, 2.75) is 25.5 Å². The molecule has 7 nitrogen and oxygen atoms in total. The first-order valence-electron chi connectivity index (χ1n) is 11.4. The number of aromatic nitrogens is 1. The molecule has 7 heteroatoms. The van der Waals surface area contributed by atoms with Crippen molar-refractivity contribution in [2.75, 3.05) is 27.3 Å². The third-order valence-corrected chi connectivity index (χ3v) is 6.24. The van der Waals surface area contributed by atoms with Crippen molar-refractivity contribution in [1.29, 1.82) is 0 Å². The number of aliphatic carboxylic acids is 1. The molecule has 2 aromatic carbocycles. The Bertz CT molecular complexity index is 1060. The zero-order valence-electron chi connectivity index (χ0n) is 19.5. The molecule has 0 bridgehead atoms. The molecule has 1 saturated heterocycles. The highest BCUT2D eigenvalue weighted by Gasteiger charge is 2.32. The van der Waals surface area contributed by atoms with Crippen LogP contribution in [-0.2, 0) is 11.4 Å². The number of nitrogens with zero attached hydrogens (tertiary/aromatic N) is 2. The molecule has 2 heterocycles. The van der Waals surface area contributed by atoms with Gasteiger partial charge in [-0.15, -0.1) is 0 Å². The highest BCUT2D eigenvalue weighted by Crippen LogP contribution is 2.43. The average Bonchev–Trinajstić information content (AvgIpc) is 2.89. The minimum Gasteiger partial charge on any atom is -0.493 e. The molecule has 1 aliphatic heterocycles. The van der Waals surface area contributed by atoms with Gasteiger partial charge >= 0.3 is 5.97 Å². The molecule has 4 rings (SSSR count). The van der Waals surface area contributed by atoms with E-state index in [1.54, 1.807) is 20.4 Å². The number of hydrogen-bond acceptors (Lipinski definition) is 6. The normalized spacial score (nSPS) is 15.5. The average molecular weight is 463 g/mol. The lowest BCUT2D eigenvalue weighted by Gasteiger charge is -2.36. The van der Waals surface area contributed by atoms with Crippen LogP contribution in [0.1, 0.15) is 35.7 Å². The number of ether oxygens (including phenoxy) is 3. The van der Waals surface area contributed by atoms with Gasteiger partial charge in [0.25, 0.3) is 0 Å². The Morgan fingerprint density at radius 2 is 1.68 bits per heavy atom. The van der Waals surface area contributed by atoms with Crippen molar-refractivity contribution in [3.8, 4) is 17.2 Å². The monoisotopic (exact) mass is 462 g/mol. The van der Waals surface area contributed by atoms with Gasteiger partial charge < -0.3 is 19.3 Å². The fraction of sp³-hybridized carbons (Fsp3) is 0.333. The second-order valence-electron chi connectivity index (χ2n) is 8.33. The van der Waals surface area contributed by atoms with Gasteiger partial charge in [0, 0.05) is 6.20 Å². The van der Waals surface area contributed by atoms with Crippen LogP contribution in [0.3, 0.4) is 0 Å². The zero-order valence-corrected chi connectivity index (χ0v) is 19.5. The van der Waals surface area contributed by atoms with E-state index in [1.807, 2.05) is 60.7 Å². The van der Waals surface area contributed by atoms with E-state index in [2.05, 4.69) is 9.88 Å². The lowest BCUT2D eigenvalue weighted by molar-refractivity contribution is -0.143. The standard InChI is InChI=1S/C27H30N2O5/c1-32-23-16-21(17-24(33-2)26(23)34-18-19-8-4-3-5-9-19)25(22-10-6-7-13-28-22)29-14-11-20(12-15-29)27(30)31/h3-10,13,16-17,20,25H,11-12,14-15,18H2,1-2H3,(H,30,31). The molecule has 1 aliphatic rings. The summed E-state index contributed by atoms with van der Waals surface area (Å²) in [6.07, 6.45) is 2.98. The Balaban J connectivity index is 1.68. The predicted molar refractivity (Wildman–Crippen MR) is 128 cm³/mol. The van der Waals surface area contributed by atoms with Crippen LogP contribution in [0.25, 0.3) is 0 Å². The van der Waals surface area contributed by atoms with Gasteiger partial charge in [0.15, 0.2) is 11.5 Å². The molecule has 0 aliphatic carbocycles. The summed E-state index contributed by atoms with van der Waals surface area (Å²) in [6, 6.07) is 19.5. The topological polar surface area (TPSA) is 81.1 Å². The number of pyridine rings is 1. The van der Waals surface area contributed by atoms with Crippen molar-refractivity contribution < 1.29 is 24.1 Å². The van der Waals surface area contributed by atoms with E-state index in [9.17, 15) is 9.90 Å². The van der Waals surface area contributed by atoms with Gasteiger partial charge in [-0.05, 0) is 61.3 Å². The van der Waals surface area contributed by atoms with Crippen LogP contribution < -0.4 is 14.2 Å². The fourth-order valence-electron chi connectivity index (χ4n) is 4.44. The third kappa shape index (κ3) is 5.31. The Morgan fingerprint density at radius 3 is 2.24 bits per heavy atom. The predicted octanol–water partition coefficient (Wildman–Crippen LogP) is 4.56. The van der Waals surface area contributed by atoms with E-state index >= 15 is 0 Å². The Labute approximate surface area is 199 Å². The van der Waals surface area contributed by atoms with Crippen molar-refractivity contribution in [3.63, 3.8) is 0 Å². The van der Waals surface area contributed by atoms with Crippen LogP contribution in [0.4, 0.5) is 0 Å². The summed E-state index contributed by atoms with van der Waals surface area (Å²) in [6.45, 7) is 1.71. The SMILES string of the molecule is COc1cc(C(c2ccccn2)N2CCC(C(=O)O)CC2)cc(OC)c1OCc1ccccc1. The first-order valence-corrected chi connectivity index (χ1v) is 11.4. The molecular weight excluding hydrogens is 432 g/mol. The molecule has 0 amide bonds. The maximum absolute atomic E-state index is 11.5. The van der Waals surface area contributed by atoms with Crippen LogP contribution in [0.5, 0.6) is 17.2 Å². The molecule has 1 N–H and O–H groups in total. The van der Waals surface area contributed by atoms with E-state index in [4.69, 9.17) is 14.2 Å².